The molecule has 1 saturated heterocycles. The van der Waals surface area contributed by atoms with Gasteiger partial charge in [-0.1, -0.05) is 23.2 Å². The van der Waals surface area contributed by atoms with E-state index in [1.807, 2.05) is 0 Å². The van der Waals surface area contributed by atoms with Gasteiger partial charge in [0.2, 0.25) is 5.91 Å². The van der Waals surface area contributed by atoms with Crippen molar-refractivity contribution in [3.05, 3.63) is 69.2 Å². The number of carbonyl (C=O) groups is 3. The van der Waals surface area contributed by atoms with E-state index in [0.29, 0.717) is 42.8 Å². The molecule has 0 spiro atoms. The predicted molar refractivity (Wildman–Crippen MR) is 112 cm³/mol. The van der Waals surface area contributed by atoms with Crippen molar-refractivity contribution in [1.29, 1.82) is 0 Å². The quantitative estimate of drug-likeness (QED) is 0.729. The Hall–Kier alpha value is -2.71. The Morgan fingerprint density at radius 2 is 1.55 bits per heavy atom. The molecule has 10 heteroatoms. The maximum absolute atomic E-state index is 13.6. The SMILES string of the molecule is O=C(NCCC(=O)N1CCN(C(=O)c2ccc(Cl)cc2Cl)CC1)c1ccc(F)cc1F. The van der Waals surface area contributed by atoms with Gasteiger partial charge in [-0.05, 0) is 30.3 Å². The zero-order valence-corrected chi connectivity index (χ0v) is 17.8. The van der Waals surface area contributed by atoms with Gasteiger partial charge >= 0.3 is 0 Å². The van der Waals surface area contributed by atoms with E-state index in [0.717, 1.165) is 12.1 Å². The van der Waals surface area contributed by atoms with Crippen molar-refractivity contribution in [2.45, 2.75) is 6.42 Å². The highest BCUT2D eigenvalue weighted by Crippen LogP contribution is 2.23. The van der Waals surface area contributed by atoms with Crippen LogP contribution in [0.25, 0.3) is 0 Å². The largest absolute Gasteiger partial charge is 0.351 e. The number of amides is 3. The van der Waals surface area contributed by atoms with Crippen molar-refractivity contribution < 1.29 is 23.2 Å². The number of nitrogens with zero attached hydrogens (tertiary/aromatic N) is 2. The molecule has 1 N–H and O–H groups in total. The Balaban J connectivity index is 1.46. The van der Waals surface area contributed by atoms with Crippen molar-refractivity contribution >= 4 is 40.9 Å². The monoisotopic (exact) mass is 469 g/mol. The van der Waals surface area contributed by atoms with Crippen LogP contribution in [0, 0.1) is 11.6 Å². The molecule has 0 saturated carbocycles. The molecule has 2 aromatic rings. The lowest BCUT2D eigenvalue weighted by molar-refractivity contribution is -0.132. The van der Waals surface area contributed by atoms with E-state index in [4.69, 9.17) is 23.2 Å². The summed E-state index contributed by atoms with van der Waals surface area (Å²) in [6.07, 6.45) is 0.0194. The highest BCUT2D eigenvalue weighted by Gasteiger charge is 2.26. The van der Waals surface area contributed by atoms with Crippen LogP contribution in [0.2, 0.25) is 10.0 Å². The average molecular weight is 470 g/mol. The van der Waals surface area contributed by atoms with Crippen LogP contribution in [0.5, 0.6) is 0 Å². The van der Waals surface area contributed by atoms with Gasteiger partial charge in [-0.15, -0.1) is 0 Å². The first-order valence-corrected chi connectivity index (χ1v) is 10.3. The smallest absolute Gasteiger partial charge is 0.255 e. The maximum Gasteiger partial charge on any atom is 0.255 e. The van der Waals surface area contributed by atoms with Gasteiger partial charge in [0.25, 0.3) is 11.8 Å². The van der Waals surface area contributed by atoms with E-state index in [1.165, 1.54) is 6.07 Å². The van der Waals surface area contributed by atoms with Crippen LogP contribution in [0.15, 0.2) is 36.4 Å². The molecule has 0 radical (unpaired) electrons. The second-order valence-electron chi connectivity index (χ2n) is 6.93. The Labute approximate surface area is 187 Å². The molecule has 0 unspecified atom stereocenters. The summed E-state index contributed by atoms with van der Waals surface area (Å²) in [5, 5.41) is 3.15. The topological polar surface area (TPSA) is 69.7 Å². The normalized spacial score (nSPS) is 13.8. The highest BCUT2D eigenvalue weighted by atomic mass is 35.5. The summed E-state index contributed by atoms with van der Waals surface area (Å²) in [5.74, 6) is -2.90. The fraction of sp³-hybridized carbons (Fsp3) is 0.286. The van der Waals surface area contributed by atoms with Crippen LogP contribution in [-0.2, 0) is 4.79 Å². The standard InChI is InChI=1S/C21H19Cl2F2N3O3/c22-13-1-3-15(17(23)11-13)21(31)28-9-7-27(8-10-28)19(29)5-6-26-20(30)16-4-2-14(24)12-18(16)25/h1-4,11-12H,5-10H2,(H,26,30). The molecule has 3 amide bonds. The van der Waals surface area contributed by atoms with Crippen LogP contribution >= 0.6 is 23.2 Å². The summed E-state index contributed by atoms with van der Waals surface area (Å²) in [5.41, 5.74) is 0.0587. The third-order valence-corrected chi connectivity index (χ3v) is 5.43. The first-order valence-electron chi connectivity index (χ1n) is 9.51. The fourth-order valence-electron chi connectivity index (χ4n) is 3.20. The lowest BCUT2D eigenvalue weighted by Gasteiger charge is -2.35. The van der Waals surface area contributed by atoms with Gasteiger partial charge in [0.1, 0.15) is 11.6 Å². The van der Waals surface area contributed by atoms with Crippen molar-refractivity contribution in [3.8, 4) is 0 Å². The Bertz CT molecular complexity index is 1010. The Kier molecular flexibility index (Phi) is 7.46. The molecule has 1 fully saturated rings. The van der Waals surface area contributed by atoms with Crippen molar-refractivity contribution in [3.63, 3.8) is 0 Å². The molecule has 0 bridgehead atoms. The van der Waals surface area contributed by atoms with Gasteiger partial charge in [-0.2, -0.15) is 0 Å². The third kappa shape index (κ3) is 5.71. The van der Waals surface area contributed by atoms with Gasteiger partial charge in [0.05, 0.1) is 16.1 Å². The summed E-state index contributed by atoms with van der Waals surface area (Å²) < 4.78 is 26.5. The summed E-state index contributed by atoms with van der Waals surface area (Å²) in [7, 11) is 0. The summed E-state index contributed by atoms with van der Waals surface area (Å²) >= 11 is 12.0. The van der Waals surface area contributed by atoms with E-state index in [9.17, 15) is 23.2 Å². The number of nitrogens with one attached hydrogen (secondary N) is 1. The van der Waals surface area contributed by atoms with Crippen LogP contribution in [0.1, 0.15) is 27.1 Å². The molecule has 0 aliphatic carbocycles. The van der Waals surface area contributed by atoms with Crippen molar-refractivity contribution in [1.82, 2.24) is 15.1 Å². The molecule has 0 aromatic heterocycles. The fourth-order valence-corrected chi connectivity index (χ4v) is 3.69. The number of hydrogen-bond acceptors (Lipinski definition) is 3. The third-order valence-electron chi connectivity index (χ3n) is 4.88. The van der Waals surface area contributed by atoms with E-state index in [-0.39, 0.29) is 35.4 Å². The van der Waals surface area contributed by atoms with Gasteiger partial charge in [0.15, 0.2) is 0 Å². The molecule has 1 aliphatic rings. The zero-order chi connectivity index (χ0) is 22.5. The molecule has 3 rings (SSSR count). The number of rotatable bonds is 5. The molecule has 1 heterocycles. The minimum Gasteiger partial charge on any atom is -0.351 e. The van der Waals surface area contributed by atoms with E-state index in [1.54, 1.807) is 21.9 Å². The van der Waals surface area contributed by atoms with Gasteiger partial charge in [-0.3, -0.25) is 14.4 Å². The van der Waals surface area contributed by atoms with Crippen LogP contribution in [0.4, 0.5) is 8.78 Å². The van der Waals surface area contributed by atoms with Gasteiger partial charge < -0.3 is 15.1 Å². The van der Waals surface area contributed by atoms with E-state index >= 15 is 0 Å². The van der Waals surface area contributed by atoms with Crippen LogP contribution < -0.4 is 5.32 Å². The van der Waals surface area contributed by atoms with Crippen LogP contribution in [-0.4, -0.2) is 60.2 Å². The van der Waals surface area contributed by atoms with E-state index in [2.05, 4.69) is 5.32 Å². The second-order valence-corrected chi connectivity index (χ2v) is 7.77. The number of piperazine rings is 1. The summed E-state index contributed by atoms with van der Waals surface area (Å²) in [6.45, 7) is 1.38. The lowest BCUT2D eigenvalue weighted by Crippen LogP contribution is -2.51. The highest BCUT2D eigenvalue weighted by molar-refractivity contribution is 6.36. The molecule has 6 nitrogen and oxygen atoms in total. The molecule has 164 valence electrons. The van der Waals surface area contributed by atoms with Crippen molar-refractivity contribution in [2.75, 3.05) is 32.7 Å². The number of carbonyl (C=O) groups excluding carboxylic acids is 3. The van der Waals surface area contributed by atoms with Gasteiger partial charge in [0, 0.05) is 50.2 Å². The lowest BCUT2D eigenvalue weighted by atomic mass is 10.1. The van der Waals surface area contributed by atoms with Gasteiger partial charge in [-0.25, -0.2) is 8.78 Å². The summed E-state index contributed by atoms with van der Waals surface area (Å²) in [6, 6.07) is 7.32. The van der Waals surface area contributed by atoms with Crippen LogP contribution in [0.3, 0.4) is 0 Å². The number of benzene rings is 2. The molecule has 31 heavy (non-hydrogen) atoms. The molecule has 2 aromatic carbocycles. The first kappa shape index (κ1) is 23.0. The second kappa shape index (κ2) is 10.1. The van der Waals surface area contributed by atoms with E-state index < -0.39 is 17.5 Å². The molecule has 1 aliphatic heterocycles. The predicted octanol–water partition coefficient (Wildman–Crippen LogP) is 3.38. The first-order chi connectivity index (χ1) is 14.8. The average Bonchev–Trinajstić information content (AvgIpc) is 2.73. The molecular formula is C21H19Cl2F2N3O3. The minimum absolute atomic E-state index is 0.00795. The number of halogens is 4. The molecule has 0 atom stereocenters. The van der Waals surface area contributed by atoms with Crippen molar-refractivity contribution in [2.24, 2.45) is 0 Å². The Morgan fingerprint density at radius 1 is 0.903 bits per heavy atom. The Morgan fingerprint density at radius 3 is 2.19 bits per heavy atom. The minimum atomic E-state index is -0.967. The zero-order valence-electron chi connectivity index (χ0n) is 16.3. The maximum atomic E-state index is 13.6. The summed E-state index contributed by atoms with van der Waals surface area (Å²) in [4.78, 5) is 40.2. The number of hydrogen-bond donors (Lipinski definition) is 1. The molecular weight excluding hydrogens is 451 g/mol.